The van der Waals surface area contributed by atoms with E-state index < -0.39 is 35.5 Å². The van der Waals surface area contributed by atoms with Gasteiger partial charge in [0.25, 0.3) is 17.4 Å². The summed E-state index contributed by atoms with van der Waals surface area (Å²) in [6.45, 7) is 15.1. The van der Waals surface area contributed by atoms with Gasteiger partial charge in [-0.1, -0.05) is 17.3 Å². The summed E-state index contributed by atoms with van der Waals surface area (Å²) in [7, 11) is 0. The van der Waals surface area contributed by atoms with Crippen molar-refractivity contribution in [1.82, 2.24) is 15.4 Å². The monoisotopic (exact) mass is 742 g/mol. The molecule has 55 heavy (non-hydrogen) atoms. The van der Waals surface area contributed by atoms with Crippen LogP contribution in [0.4, 0.5) is 21.5 Å². The van der Waals surface area contributed by atoms with Crippen LogP contribution in [0.1, 0.15) is 94.7 Å². The van der Waals surface area contributed by atoms with Crippen molar-refractivity contribution in [3.05, 3.63) is 106 Å². The lowest BCUT2D eigenvalue weighted by Gasteiger charge is -2.35. The summed E-state index contributed by atoms with van der Waals surface area (Å²) in [6.07, 6.45) is 5.67. The molecular formula is C43H43FN6O5. The summed E-state index contributed by atoms with van der Waals surface area (Å²) < 4.78 is 20.8. The Kier molecular flexibility index (Phi) is 9.27. The average molecular weight is 743 g/mol. The standard InChI is InChI=1S/C43H43FN6O5/c1-24-5-10-29(39-25(2)48-55-26(39)3)19-37(24)49(31-13-11-30(12-14-31)43(45-4)17-18-43)23-28-8-6-27(7-9-28)22-46-35-21-33-32(20-34(35)44)41(53)50(42(33)54)36-15-16-38(51)47-40(36)52/h5,10-14,19-21,27-28,36,46H,6-9,15-18,22-23H2,1-3H3,(H,47,51,52). The largest absolute Gasteiger partial charge is 0.382 e. The van der Waals surface area contributed by atoms with Gasteiger partial charge in [0.05, 0.1) is 22.5 Å². The third-order valence-electron chi connectivity index (χ3n) is 12.0. The van der Waals surface area contributed by atoms with E-state index >= 15 is 4.39 Å². The van der Waals surface area contributed by atoms with E-state index in [1.165, 1.54) is 6.07 Å². The van der Waals surface area contributed by atoms with E-state index in [9.17, 15) is 19.2 Å². The highest BCUT2D eigenvalue weighted by atomic mass is 19.1. The van der Waals surface area contributed by atoms with Crippen LogP contribution < -0.4 is 15.5 Å². The second kappa shape index (κ2) is 14.1. The van der Waals surface area contributed by atoms with Crippen molar-refractivity contribution in [2.75, 3.05) is 23.3 Å². The molecule has 2 N–H and O–H groups in total. The second-order valence-corrected chi connectivity index (χ2v) is 15.6. The average Bonchev–Trinajstić information content (AvgIpc) is 3.86. The summed E-state index contributed by atoms with van der Waals surface area (Å²) in [5, 5.41) is 9.57. The fourth-order valence-corrected chi connectivity index (χ4v) is 8.59. The number of nitrogens with one attached hydrogen (secondary N) is 2. The number of benzene rings is 3. The Hall–Kier alpha value is -5.83. The number of hydrogen-bond acceptors (Lipinski definition) is 8. The van der Waals surface area contributed by atoms with Crippen LogP contribution in [0.5, 0.6) is 0 Å². The Morgan fingerprint density at radius 1 is 0.945 bits per heavy atom. The predicted molar refractivity (Wildman–Crippen MR) is 204 cm³/mol. The lowest BCUT2D eigenvalue weighted by Crippen LogP contribution is -2.54. The van der Waals surface area contributed by atoms with Crippen LogP contribution in [-0.2, 0) is 15.1 Å². The zero-order valence-corrected chi connectivity index (χ0v) is 31.2. The number of aryl methyl sites for hydroxylation is 3. The van der Waals surface area contributed by atoms with E-state index in [4.69, 9.17) is 11.1 Å². The molecule has 2 aliphatic heterocycles. The number of amides is 4. The minimum absolute atomic E-state index is 0.0133. The molecule has 0 radical (unpaired) electrons. The van der Waals surface area contributed by atoms with Crippen LogP contribution in [0.2, 0.25) is 0 Å². The van der Waals surface area contributed by atoms with Crippen molar-refractivity contribution in [1.29, 1.82) is 0 Å². The molecule has 3 fully saturated rings. The van der Waals surface area contributed by atoms with Gasteiger partial charge in [0, 0.05) is 54.9 Å². The molecule has 282 valence electrons. The van der Waals surface area contributed by atoms with E-state index in [2.05, 4.69) is 74.9 Å². The van der Waals surface area contributed by atoms with Gasteiger partial charge in [-0.25, -0.2) is 11.0 Å². The van der Waals surface area contributed by atoms with Gasteiger partial charge in [0.1, 0.15) is 17.6 Å². The predicted octanol–water partition coefficient (Wildman–Crippen LogP) is 7.77. The smallest absolute Gasteiger partial charge is 0.262 e. The Balaban J connectivity index is 0.959. The maximum atomic E-state index is 15.3. The highest BCUT2D eigenvalue weighted by Crippen LogP contribution is 2.50. The highest BCUT2D eigenvalue weighted by Gasteiger charge is 2.52. The van der Waals surface area contributed by atoms with Crippen molar-refractivity contribution in [3.63, 3.8) is 0 Å². The van der Waals surface area contributed by atoms with Crippen molar-refractivity contribution < 1.29 is 28.1 Å². The van der Waals surface area contributed by atoms with Crippen molar-refractivity contribution in [2.45, 2.75) is 83.7 Å². The fraction of sp³-hybridized carbons (Fsp3) is 0.395. The molecule has 2 aliphatic carbocycles. The molecule has 1 atom stereocenters. The third-order valence-corrected chi connectivity index (χ3v) is 12.0. The van der Waals surface area contributed by atoms with Gasteiger partial charge in [-0.2, -0.15) is 0 Å². The molecule has 1 aromatic heterocycles. The molecule has 0 spiro atoms. The minimum Gasteiger partial charge on any atom is -0.382 e. The van der Waals surface area contributed by atoms with E-state index in [0.29, 0.717) is 12.5 Å². The van der Waals surface area contributed by atoms with E-state index in [-0.39, 0.29) is 41.1 Å². The van der Waals surface area contributed by atoms with E-state index in [1.807, 2.05) is 13.8 Å². The maximum Gasteiger partial charge on any atom is 0.262 e. The molecule has 3 aromatic carbocycles. The van der Waals surface area contributed by atoms with Gasteiger partial charge in [-0.15, -0.1) is 0 Å². The number of nitrogens with zero attached hydrogens (tertiary/aromatic N) is 4. The van der Waals surface area contributed by atoms with Gasteiger partial charge in [-0.05, 0) is 118 Å². The number of hydrogen-bond donors (Lipinski definition) is 2. The van der Waals surface area contributed by atoms with Crippen LogP contribution in [0.25, 0.3) is 16.0 Å². The molecule has 2 saturated carbocycles. The first-order valence-electron chi connectivity index (χ1n) is 19.1. The Labute approximate surface area is 319 Å². The molecular weight excluding hydrogens is 700 g/mol. The summed E-state index contributed by atoms with van der Waals surface area (Å²) >= 11 is 0. The fourth-order valence-electron chi connectivity index (χ4n) is 8.59. The second-order valence-electron chi connectivity index (χ2n) is 15.6. The molecule has 3 heterocycles. The van der Waals surface area contributed by atoms with Crippen LogP contribution in [-0.4, -0.2) is 52.8 Å². The lowest BCUT2D eigenvalue weighted by atomic mass is 9.81. The third kappa shape index (κ3) is 6.66. The maximum absolute atomic E-state index is 15.3. The van der Waals surface area contributed by atoms with Gasteiger partial charge in [0.2, 0.25) is 11.8 Å². The van der Waals surface area contributed by atoms with Crippen molar-refractivity contribution in [2.24, 2.45) is 11.8 Å². The summed E-state index contributed by atoms with van der Waals surface area (Å²) in [6, 6.07) is 16.3. The molecule has 4 amide bonds. The highest BCUT2D eigenvalue weighted by molar-refractivity contribution is 6.23. The number of carbonyl (C=O) groups is 4. The first kappa shape index (κ1) is 36.2. The summed E-state index contributed by atoms with van der Waals surface area (Å²) in [5.74, 6) is -1.74. The van der Waals surface area contributed by atoms with Crippen LogP contribution in [0.15, 0.2) is 59.1 Å². The van der Waals surface area contributed by atoms with Crippen molar-refractivity contribution >= 4 is 40.7 Å². The molecule has 1 saturated heterocycles. The number of halogens is 1. The first-order chi connectivity index (χ1) is 26.5. The van der Waals surface area contributed by atoms with Crippen LogP contribution in [0.3, 0.4) is 0 Å². The number of fused-ring (bicyclic) bond motifs is 1. The first-order valence-corrected chi connectivity index (χ1v) is 19.1. The molecule has 1 unspecified atom stereocenters. The number of carbonyl (C=O) groups excluding carboxylic acids is 4. The van der Waals surface area contributed by atoms with Crippen LogP contribution in [0, 0.1) is 45.0 Å². The molecule has 4 aliphatic rings. The topological polar surface area (TPSA) is 129 Å². The lowest BCUT2D eigenvalue weighted by molar-refractivity contribution is -0.136. The molecule has 12 heteroatoms. The zero-order valence-electron chi connectivity index (χ0n) is 31.2. The Morgan fingerprint density at radius 2 is 1.64 bits per heavy atom. The minimum atomic E-state index is -1.11. The molecule has 0 bridgehead atoms. The Morgan fingerprint density at radius 3 is 2.27 bits per heavy atom. The van der Waals surface area contributed by atoms with Crippen molar-refractivity contribution in [3.8, 4) is 11.1 Å². The van der Waals surface area contributed by atoms with Gasteiger partial charge in [-0.3, -0.25) is 29.4 Å². The quantitative estimate of drug-likeness (QED) is 0.125. The Bertz CT molecular complexity index is 2240. The number of aromatic nitrogens is 1. The number of anilines is 3. The molecule has 4 aromatic rings. The van der Waals surface area contributed by atoms with E-state index in [1.54, 1.807) is 0 Å². The normalized spacial score (nSPS) is 21.6. The zero-order chi connectivity index (χ0) is 38.6. The van der Waals surface area contributed by atoms with Gasteiger partial charge < -0.3 is 19.6 Å². The van der Waals surface area contributed by atoms with Gasteiger partial charge >= 0.3 is 0 Å². The molecule has 11 nitrogen and oxygen atoms in total. The summed E-state index contributed by atoms with van der Waals surface area (Å²) in [5.41, 5.74) is 7.03. The number of rotatable bonds is 10. The van der Waals surface area contributed by atoms with Gasteiger partial charge in [0.15, 0.2) is 0 Å². The van der Waals surface area contributed by atoms with E-state index in [0.717, 1.165) is 101 Å². The number of imide groups is 2. The van der Waals surface area contributed by atoms with Crippen LogP contribution >= 0.6 is 0 Å². The molecule has 8 rings (SSSR count). The SMILES string of the molecule is [C-]#[N+]C1(c2ccc(N(CC3CCC(CNc4cc5c(cc4F)C(=O)N(C4CCC(=O)NC4=O)C5=O)CC3)c3cc(-c4c(C)noc4C)ccc3C)cc2)CC1. The number of piperidine rings is 1. The summed E-state index contributed by atoms with van der Waals surface area (Å²) in [4.78, 5) is 57.7.